The highest BCUT2D eigenvalue weighted by atomic mass is 32.3. The predicted octanol–water partition coefficient (Wildman–Crippen LogP) is 1.88. The van der Waals surface area contributed by atoms with E-state index in [-0.39, 0.29) is 0 Å². The van der Waals surface area contributed by atoms with Crippen LogP contribution in [0.1, 0.15) is 0 Å². The quantitative estimate of drug-likeness (QED) is 0.521. The smallest absolute Gasteiger partial charge is 0.264 e. The molecule has 0 spiro atoms. The summed E-state index contributed by atoms with van der Waals surface area (Å²) in [7, 11) is -1.18. The van der Waals surface area contributed by atoms with Crippen LogP contribution in [0.4, 0.5) is 0 Å². The van der Waals surface area contributed by atoms with Crippen LogP contribution in [0.2, 0.25) is 0 Å². The van der Waals surface area contributed by atoms with Crippen molar-refractivity contribution in [1.82, 2.24) is 0 Å². The average Bonchev–Trinajstić information content (AvgIpc) is 2.67. The molecule has 1 aromatic carbocycles. The van der Waals surface area contributed by atoms with Crippen molar-refractivity contribution >= 4 is 43.7 Å². The number of hydrogen-bond acceptors (Lipinski definition) is 5. The van der Waals surface area contributed by atoms with Crippen molar-refractivity contribution in [1.29, 1.82) is 0 Å². The SMILES string of the molecule is COS(=O)(=O)O.CSc1sc2ccccc2[n+]1C. The van der Waals surface area contributed by atoms with Gasteiger partial charge in [0.2, 0.25) is 5.52 Å². The molecule has 0 atom stereocenters. The lowest BCUT2D eigenvalue weighted by molar-refractivity contribution is -0.676. The molecule has 0 fully saturated rings. The Morgan fingerprint density at radius 2 is 1.94 bits per heavy atom. The lowest BCUT2D eigenvalue weighted by Gasteiger charge is -1.84. The van der Waals surface area contributed by atoms with Crippen molar-refractivity contribution in [3.63, 3.8) is 0 Å². The molecule has 0 saturated carbocycles. The van der Waals surface area contributed by atoms with E-state index in [1.807, 2.05) is 11.3 Å². The van der Waals surface area contributed by atoms with Crippen molar-refractivity contribution in [2.45, 2.75) is 4.34 Å². The number of hydrogen-bond donors (Lipinski definition) is 1. The number of rotatable bonds is 2. The minimum absolute atomic E-state index is 0.870. The van der Waals surface area contributed by atoms with Crippen LogP contribution in [0.15, 0.2) is 28.6 Å². The molecule has 0 aliphatic heterocycles. The zero-order valence-electron chi connectivity index (χ0n) is 10.2. The van der Waals surface area contributed by atoms with Gasteiger partial charge in [0.1, 0.15) is 11.7 Å². The van der Waals surface area contributed by atoms with Crippen LogP contribution < -0.4 is 4.57 Å². The lowest BCUT2D eigenvalue weighted by Crippen LogP contribution is -2.27. The Labute approximate surface area is 114 Å². The Hall–Kier alpha value is -0.670. The van der Waals surface area contributed by atoms with E-state index in [1.54, 1.807) is 11.8 Å². The molecule has 1 aromatic heterocycles. The maximum absolute atomic E-state index is 9.33. The lowest BCUT2D eigenvalue weighted by atomic mass is 10.3. The van der Waals surface area contributed by atoms with Gasteiger partial charge >= 0.3 is 10.4 Å². The molecular formula is C10H14NO4S3+. The van der Waals surface area contributed by atoms with E-state index in [1.165, 1.54) is 14.6 Å². The molecule has 2 aromatic rings. The van der Waals surface area contributed by atoms with Gasteiger partial charge in [0.15, 0.2) is 0 Å². The van der Waals surface area contributed by atoms with Crippen LogP contribution in [-0.2, 0) is 21.6 Å². The minimum Gasteiger partial charge on any atom is -0.264 e. The molecule has 2 rings (SSSR count). The topological polar surface area (TPSA) is 67.5 Å². The molecule has 5 nitrogen and oxygen atoms in total. The molecule has 0 amide bonds. The summed E-state index contributed by atoms with van der Waals surface area (Å²) in [6, 6.07) is 8.49. The zero-order chi connectivity index (χ0) is 13.8. The number of benzene rings is 1. The van der Waals surface area contributed by atoms with Gasteiger partial charge in [-0.25, -0.2) is 0 Å². The van der Waals surface area contributed by atoms with Gasteiger partial charge in [-0.3, -0.25) is 8.74 Å². The normalized spacial score (nSPS) is 11.1. The van der Waals surface area contributed by atoms with Gasteiger partial charge in [0, 0.05) is 6.07 Å². The molecule has 0 saturated heterocycles. The summed E-state index contributed by atoms with van der Waals surface area (Å²) in [5, 5.41) is 0. The Balaban J connectivity index is 0.000000232. The van der Waals surface area contributed by atoms with Gasteiger partial charge < -0.3 is 0 Å². The summed E-state index contributed by atoms with van der Waals surface area (Å²) in [5.41, 5.74) is 1.33. The second-order valence-electron chi connectivity index (χ2n) is 3.19. The van der Waals surface area contributed by atoms with Crippen LogP contribution in [0.5, 0.6) is 0 Å². The van der Waals surface area contributed by atoms with Crippen molar-refractivity contribution in [2.24, 2.45) is 7.05 Å². The van der Waals surface area contributed by atoms with E-state index < -0.39 is 10.4 Å². The van der Waals surface area contributed by atoms with Crippen molar-refractivity contribution in [3.8, 4) is 0 Å². The average molecular weight is 308 g/mol. The number of aromatic nitrogens is 1. The number of thioether (sulfide) groups is 1. The number of nitrogens with zero attached hydrogens (tertiary/aromatic N) is 1. The van der Waals surface area contributed by atoms with Gasteiger partial charge in [-0.2, -0.15) is 13.0 Å². The van der Waals surface area contributed by atoms with Gasteiger partial charge in [-0.1, -0.05) is 23.5 Å². The third-order valence-corrected chi connectivity index (χ3v) is 4.89. The number of fused-ring (bicyclic) bond motifs is 1. The predicted molar refractivity (Wildman–Crippen MR) is 73.3 cm³/mol. The van der Waals surface area contributed by atoms with E-state index in [4.69, 9.17) is 4.55 Å². The molecule has 0 unspecified atom stereocenters. The summed E-state index contributed by atoms with van der Waals surface area (Å²) in [5.74, 6) is 0. The molecule has 0 radical (unpaired) electrons. The molecule has 0 bridgehead atoms. The molecule has 100 valence electrons. The summed E-state index contributed by atoms with van der Waals surface area (Å²) in [6.45, 7) is 0. The third kappa shape index (κ3) is 4.21. The van der Waals surface area contributed by atoms with Crippen molar-refractivity contribution in [3.05, 3.63) is 24.3 Å². The standard InChI is InChI=1S/C9H10NS2.CH4O4S/c1-10-7-5-3-4-6-8(7)12-9(10)11-2;1-5-6(2,3)4/h3-6H,1-2H3;1H3,(H,2,3,4)/q+1;. The molecule has 0 aliphatic carbocycles. The molecule has 1 N–H and O–H groups in total. The second-order valence-corrected chi connectivity index (χ2v) is 6.47. The first-order valence-electron chi connectivity index (χ1n) is 4.83. The largest absolute Gasteiger partial charge is 0.397 e. The fraction of sp³-hybridized carbons (Fsp3) is 0.300. The van der Waals surface area contributed by atoms with E-state index >= 15 is 0 Å². The van der Waals surface area contributed by atoms with Gasteiger partial charge in [-0.05, 0) is 24.1 Å². The van der Waals surface area contributed by atoms with Crippen LogP contribution >= 0.6 is 23.1 Å². The van der Waals surface area contributed by atoms with E-state index in [0.717, 1.165) is 7.11 Å². The van der Waals surface area contributed by atoms with Gasteiger partial charge in [0.25, 0.3) is 4.34 Å². The number of thiazole rings is 1. The Kier molecular flexibility index (Phi) is 5.54. The monoisotopic (exact) mass is 308 g/mol. The Morgan fingerprint density at radius 1 is 1.39 bits per heavy atom. The van der Waals surface area contributed by atoms with E-state index in [0.29, 0.717) is 0 Å². The number of para-hydroxylation sites is 1. The van der Waals surface area contributed by atoms with E-state index in [2.05, 4.69) is 46.3 Å². The number of aryl methyl sites for hydroxylation is 1. The minimum atomic E-state index is -4.16. The maximum atomic E-state index is 9.33. The summed E-state index contributed by atoms with van der Waals surface area (Å²) >= 11 is 3.65. The summed E-state index contributed by atoms with van der Waals surface area (Å²) in [4.78, 5) is 0. The first kappa shape index (κ1) is 15.4. The molecule has 1 heterocycles. The van der Waals surface area contributed by atoms with Crippen molar-refractivity contribution < 1.29 is 21.7 Å². The summed E-state index contributed by atoms with van der Waals surface area (Å²) in [6.07, 6.45) is 2.12. The first-order chi connectivity index (χ1) is 8.39. The molecule has 8 heteroatoms. The fourth-order valence-electron chi connectivity index (χ4n) is 1.26. The van der Waals surface area contributed by atoms with Crippen LogP contribution in [0.25, 0.3) is 10.2 Å². The van der Waals surface area contributed by atoms with Crippen molar-refractivity contribution in [2.75, 3.05) is 13.4 Å². The van der Waals surface area contributed by atoms with Crippen LogP contribution in [-0.4, -0.2) is 26.3 Å². The molecule has 0 aliphatic rings. The van der Waals surface area contributed by atoms with Crippen LogP contribution in [0.3, 0.4) is 0 Å². The molecular weight excluding hydrogens is 294 g/mol. The Morgan fingerprint density at radius 3 is 2.39 bits per heavy atom. The highest BCUT2D eigenvalue weighted by molar-refractivity contribution is 8.00. The summed E-state index contributed by atoms with van der Waals surface area (Å²) < 4.78 is 34.7. The highest BCUT2D eigenvalue weighted by Gasteiger charge is 2.14. The second kappa shape index (κ2) is 6.48. The van der Waals surface area contributed by atoms with E-state index in [9.17, 15) is 8.42 Å². The van der Waals surface area contributed by atoms with Crippen LogP contribution in [0, 0.1) is 0 Å². The highest BCUT2D eigenvalue weighted by Crippen LogP contribution is 2.25. The maximum Gasteiger partial charge on any atom is 0.397 e. The third-order valence-electron chi connectivity index (χ3n) is 2.08. The first-order valence-corrected chi connectivity index (χ1v) is 8.24. The van der Waals surface area contributed by atoms with Gasteiger partial charge in [-0.15, -0.1) is 0 Å². The fourth-order valence-corrected chi connectivity index (χ4v) is 3.11. The Bertz CT molecular complexity index is 621. The molecule has 18 heavy (non-hydrogen) atoms. The van der Waals surface area contributed by atoms with Gasteiger partial charge in [0.05, 0.1) is 7.11 Å². The zero-order valence-corrected chi connectivity index (χ0v) is 12.6.